The van der Waals surface area contributed by atoms with Crippen LogP contribution in [-0.2, 0) is 11.2 Å². The lowest BCUT2D eigenvalue weighted by atomic mass is 10.0. The molecular weight excluding hydrogens is 320 g/mol. The minimum atomic E-state index is -0.951. The van der Waals surface area contributed by atoms with E-state index >= 15 is 0 Å². The van der Waals surface area contributed by atoms with E-state index in [1.807, 2.05) is 6.07 Å². The first-order valence-corrected chi connectivity index (χ1v) is 7.33. The number of benzene rings is 1. The van der Waals surface area contributed by atoms with Crippen molar-refractivity contribution >= 4 is 23.1 Å². The Morgan fingerprint density at radius 3 is 2.40 bits per heavy atom. The number of allylic oxidation sites excluding steroid dienone is 1. The number of pyridine rings is 1. The molecule has 0 aliphatic carbocycles. The largest absolute Gasteiger partial charge is 0.494 e. The number of rotatable bonds is 6. The highest BCUT2D eigenvalue weighted by atomic mass is 16.4. The number of carbonyl (C=O) groups is 1. The highest BCUT2D eigenvalue weighted by Gasteiger charge is 2.12. The molecule has 0 aliphatic rings. The van der Waals surface area contributed by atoms with E-state index in [-0.39, 0.29) is 23.6 Å². The van der Waals surface area contributed by atoms with Crippen LogP contribution in [0.4, 0.5) is 5.82 Å². The van der Waals surface area contributed by atoms with Crippen molar-refractivity contribution in [2.45, 2.75) is 13.3 Å². The van der Waals surface area contributed by atoms with Gasteiger partial charge < -0.3 is 20.9 Å². The maximum Gasteiger partial charge on any atom is 0.307 e. The third-order valence-corrected chi connectivity index (χ3v) is 3.34. The summed E-state index contributed by atoms with van der Waals surface area (Å²) in [6.07, 6.45) is 1.27. The molecule has 126 valence electrons. The minimum absolute atomic E-state index is 0.134. The van der Waals surface area contributed by atoms with Gasteiger partial charge in [-0.3, -0.25) is 4.79 Å². The number of aromatic nitrogens is 1. The number of aliphatic carboxylic acids is 1. The first-order chi connectivity index (χ1) is 11.9. The number of nitrogens with one attached hydrogen (secondary N) is 2. The van der Waals surface area contributed by atoms with Crippen LogP contribution < -0.4 is 5.32 Å². The SMILES string of the molecule is CC(=N)/C(=C(/O)Nc1ccc(CC(=O)O)cn1)c1ccc(C#N)cc1. The second-order valence-corrected chi connectivity index (χ2v) is 5.28. The van der Waals surface area contributed by atoms with E-state index in [4.69, 9.17) is 15.8 Å². The number of hydrogen-bond donors (Lipinski definition) is 4. The van der Waals surface area contributed by atoms with E-state index in [0.717, 1.165) is 0 Å². The second-order valence-electron chi connectivity index (χ2n) is 5.28. The molecule has 0 amide bonds. The van der Waals surface area contributed by atoms with Crippen molar-refractivity contribution in [3.63, 3.8) is 0 Å². The average molecular weight is 336 g/mol. The summed E-state index contributed by atoms with van der Waals surface area (Å²) < 4.78 is 0. The molecule has 0 fully saturated rings. The summed E-state index contributed by atoms with van der Waals surface area (Å²) in [6.45, 7) is 1.54. The van der Waals surface area contributed by atoms with Crippen LogP contribution in [-0.4, -0.2) is 26.9 Å². The quantitative estimate of drug-likeness (QED) is 0.474. The van der Waals surface area contributed by atoms with Crippen molar-refractivity contribution in [3.8, 4) is 6.07 Å². The van der Waals surface area contributed by atoms with Crippen molar-refractivity contribution in [2.75, 3.05) is 5.32 Å². The zero-order valence-corrected chi connectivity index (χ0v) is 13.4. The first-order valence-electron chi connectivity index (χ1n) is 7.33. The van der Waals surface area contributed by atoms with E-state index < -0.39 is 5.97 Å². The molecule has 4 N–H and O–H groups in total. The van der Waals surface area contributed by atoms with Gasteiger partial charge in [0.2, 0.25) is 0 Å². The topological polar surface area (TPSA) is 130 Å². The van der Waals surface area contributed by atoms with Gasteiger partial charge in [-0.25, -0.2) is 4.98 Å². The van der Waals surface area contributed by atoms with Crippen molar-refractivity contribution in [1.82, 2.24) is 4.98 Å². The van der Waals surface area contributed by atoms with E-state index in [1.165, 1.54) is 13.1 Å². The Hall–Kier alpha value is -3.66. The lowest BCUT2D eigenvalue weighted by molar-refractivity contribution is -0.136. The Bertz CT molecular complexity index is 863. The monoisotopic (exact) mass is 336 g/mol. The smallest absolute Gasteiger partial charge is 0.307 e. The number of aliphatic hydroxyl groups is 1. The Morgan fingerprint density at radius 2 is 1.92 bits per heavy atom. The van der Waals surface area contributed by atoms with Crippen LogP contribution >= 0.6 is 0 Å². The zero-order valence-electron chi connectivity index (χ0n) is 13.4. The highest BCUT2D eigenvalue weighted by molar-refractivity contribution is 6.22. The Morgan fingerprint density at radius 1 is 1.24 bits per heavy atom. The van der Waals surface area contributed by atoms with Crippen LogP contribution in [0.25, 0.3) is 5.57 Å². The average Bonchev–Trinajstić information content (AvgIpc) is 2.56. The van der Waals surface area contributed by atoms with Gasteiger partial charge in [-0.05, 0) is 36.2 Å². The summed E-state index contributed by atoms with van der Waals surface area (Å²) in [5.74, 6) is -0.887. The summed E-state index contributed by atoms with van der Waals surface area (Å²) >= 11 is 0. The number of anilines is 1. The van der Waals surface area contributed by atoms with Gasteiger partial charge in [-0.15, -0.1) is 0 Å². The predicted octanol–water partition coefficient (Wildman–Crippen LogP) is 2.96. The number of aliphatic hydroxyl groups excluding tert-OH is 1. The van der Waals surface area contributed by atoms with E-state index in [2.05, 4.69) is 10.3 Å². The van der Waals surface area contributed by atoms with Gasteiger partial charge >= 0.3 is 5.97 Å². The molecule has 1 aromatic carbocycles. The molecular formula is C18H16N4O3. The molecule has 0 unspecified atom stereocenters. The fourth-order valence-corrected chi connectivity index (χ4v) is 2.20. The highest BCUT2D eigenvalue weighted by Crippen LogP contribution is 2.21. The molecule has 0 bridgehead atoms. The Kier molecular flexibility index (Phi) is 5.48. The van der Waals surface area contributed by atoms with Gasteiger partial charge in [0.25, 0.3) is 0 Å². The molecule has 7 heteroatoms. The third-order valence-electron chi connectivity index (χ3n) is 3.34. The van der Waals surface area contributed by atoms with Crippen LogP contribution in [0.1, 0.15) is 23.6 Å². The second kappa shape index (κ2) is 7.75. The van der Waals surface area contributed by atoms with Crippen molar-refractivity contribution in [2.24, 2.45) is 0 Å². The van der Waals surface area contributed by atoms with Crippen LogP contribution in [0, 0.1) is 16.7 Å². The van der Waals surface area contributed by atoms with Gasteiger partial charge in [-0.2, -0.15) is 5.26 Å². The number of carboxylic acids is 1. The number of nitriles is 1. The van der Waals surface area contributed by atoms with Crippen LogP contribution in [0.15, 0.2) is 48.5 Å². The van der Waals surface area contributed by atoms with Gasteiger partial charge in [0.05, 0.1) is 23.6 Å². The number of carboxylic acid groups (broad SMARTS) is 1. The molecule has 2 rings (SSSR count). The van der Waals surface area contributed by atoms with Crippen LogP contribution in [0.5, 0.6) is 0 Å². The molecule has 0 atom stereocenters. The summed E-state index contributed by atoms with van der Waals surface area (Å²) in [4.78, 5) is 14.7. The van der Waals surface area contributed by atoms with Crippen molar-refractivity contribution < 1.29 is 15.0 Å². The fourth-order valence-electron chi connectivity index (χ4n) is 2.20. The van der Waals surface area contributed by atoms with Gasteiger partial charge in [0.15, 0.2) is 5.88 Å². The predicted molar refractivity (Wildman–Crippen MR) is 93.3 cm³/mol. The summed E-state index contributed by atoms with van der Waals surface area (Å²) in [7, 11) is 0. The first kappa shape index (κ1) is 17.7. The molecule has 1 aromatic heterocycles. The lowest BCUT2D eigenvalue weighted by Crippen LogP contribution is -2.09. The van der Waals surface area contributed by atoms with Crippen molar-refractivity contribution in [1.29, 1.82) is 10.7 Å². The molecule has 25 heavy (non-hydrogen) atoms. The van der Waals surface area contributed by atoms with Crippen LogP contribution in [0.3, 0.4) is 0 Å². The van der Waals surface area contributed by atoms with E-state index in [0.29, 0.717) is 22.5 Å². The molecule has 0 saturated heterocycles. The molecule has 0 aliphatic heterocycles. The molecule has 0 radical (unpaired) electrons. The normalized spacial score (nSPS) is 11.2. The van der Waals surface area contributed by atoms with Crippen molar-refractivity contribution in [3.05, 3.63) is 65.2 Å². The zero-order chi connectivity index (χ0) is 18.4. The Labute approximate surface area is 144 Å². The van der Waals surface area contributed by atoms with Crippen LogP contribution in [0.2, 0.25) is 0 Å². The molecule has 2 aromatic rings. The molecule has 7 nitrogen and oxygen atoms in total. The number of nitrogens with zero attached hydrogens (tertiary/aromatic N) is 2. The van der Waals surface area contributed by atoms with E-state index in [9.17, 15) is 9.90 Å². The molecule has 1 heterocycles. The summed E-state index contributed by atoms with van der Waals surface area (Å²) in [6, 6.07) is 11.6. The van der Waals surface area contributed by atoms with Gasteiger partial charge in [-0.1, -0.05) is 18.2 Å². The fraction of sp³-hybridized carbons (Fsp3) is 0.111. The number of hydrogen-bond acceptors (Lipinski definition) is 6. The maximum absolute atomic E-state index is 10.7. The maximum atomic E-state index is 10.7. The molecule has 0 saturated carbocycles. The standard InChI is InChI=1S/C18H16N4O3/c1-11(20)17(14-5-2-12(9-19)3-6-14)18(25)22-15-7-4-13(10-21-15)8-16(23)24/h2-7,10,20,25H,8H2,1H3,(H,21,22)(H,23,24)/b18-17-,20-11?. The lowest BCUT2D eigenvalue weighted by Gasteiger charge is -2.12. The minimum Gasteiger partial charge on any atom is -0.494 e. The summed E-state index contributed by atoms with van der Waals surface area (Å²) in [5, 5.41) is 38.5. The van der Waals surface area contributed by atoms with E-state index in [1.54, 1.807) is 36.4 Å². The Balaban J connectivity index is 2.28. The van der Waals surface area contributed by atoms with Gasteiger partial charge in [0, 0.05) is 11.9 Å². The van der Waals surface area contributed by atoms with Gasteiger partial charge in [0.1, 0.15) is 5.82 Å². The third kappa shape index (κ3) is 4.65. The molecule has 0 spiro atoms. The summed E-state index contributed by atoms with van der Waals surface area (Å²) in [5.41, 5.74) is 2.02.